The number of hydrogen-bond acceptors (Lipinski definition) is 5. The van der Waals surface area contributed by atoms with E-state index in [9.17, 15) is 0 Å². The van der Waals surface area contributed by atoms with Crippen LogP contribution in [0.4, 0.5) is 5.82 Å². The Morgan fingerprint density at radius 3 is 2.79 bits per heavy atom. The Morgan fingerprint density at radius 1 is 1.21 bits per heavy atom. The molecule has 3 N–H and O–H groups in total. The maximum Gasteiger partial charge on any atom is 0.433 e. The molecule has 0 radical (unpaired) electrons. The molecule has 3 aromatic rings. The average molecular weight is 328 g/mol. The van der Waals surface area contributed by atoms with Crippen molar-refractivity contribution in [3.8, 4) is 12.0 Å². The van der Waals surface area contributed by atoms with E-state index in [2.05, 4.69) is 44.3 Å². The molecule has 3 rings (SSSR count). The fraction of sp³-hybridized carbons (Fsp3) is 0.353. The van der Waals surface area contributed by atoms with Crippen LogP contribution >= 0.6 is 0 Å². The van der Waals surface area contributed by atoms with Crippen LogP contribution in [0.25, 0.3) is 11.2 Å². The summed E-state index contributed by atoms with van der Waals surface area (Å²) in [6.07, 6.45) is 2.04. The lowest BCUT2D eigenvalue weighted by Crippen LogP contribution is -2.19. The van der Waals surface area contributed by atoms with E-state index in [0.29, 0.717) is 30.8 Å². The predicted molar refractivity (Wildman–Crippen MR) is 91.2 cm³/mol. The molecule has 0 aliphatic heterocycles. The highest BCUT2D eigenvalue weighted by molar-refractivity contribution is 5.81. The molecule has 0 saturated carbocycles. The molecule has 0 aliphatic carbocycles. The first-order valence-corrected chi connectivity index (χ1v) is 8.07. The number of benzene rings is 1. The fourth-order valence-electron chi connectivity index (χ4n) is 2.29. The molecule has 7 nitrogen and oxygen atoms in total. The Labute approximate surface area is 140 Å². The quantitative estimate of drug-likeness (QED) is 0.621. The van der Waals surface area contributed by atoms with Gasteiger partial charge in [0.2, 0.25) is 0 Å². The SMILES string of the molecule is CCCCOc1nc2nc(OC)[nH]c2c(NCc2ccccc2)[nH+]1. The van der Waals surface area contributed by atoms with Crippen LogP contribution in [0.2, 0.25) is 0 Å². The Morgan fingerprint density at radius 2 is 2.04 bits per heavy atom. The highest BCUT2D eigenvalue weighted by Gasteiger charge is 2.19. The van der Waals surface area contributed by atoms with Crippen molar-refractivity contribution >= 4 is 17.0 Å². The molecule has 0 bridgehead atoms. The van der Waals surface area contributed by atoms with Gasteiger partial charge in [-0.1, -0.05) is 43.7 Å². The molecule has 0 amide bonds. The summed E-state index contributed by atoms with van der Waals surface area (Å²) in [5.41, 5.74) is 2.48. The summed E-state index contributed by atoms with van der Waals surface area (Å²) in [5, 5.41) is 3.37. The van der Waals surface area contributed by atoms with Crippen molar-refractivity contribution in [2.75, 3.05) is 19.0 Å². The predicted octanol–water partition coefficient (Wildman–Crippen LogP) is 2.57. The van der Waals surface area contributed by atoms with Crippen LogP contribution in [0, 0.1) is 0 Å². The Kier molecular flexibility index (Phi) is 5.10. The number of aromatic amines is 2. The summed E-state index contributed by atoms with van der Waals surface area (Å²) >= 11 is 0. The monoisotopic (exact) mass is 328 g/mol. The van der Waals surface area contributed by atoms with Crippen LogP contribution in [0.5, 0.6) is 12.0 Å². The molecule has 0 saturated heterocycles. The second-order valence-corrected chi connectivity index (χ2v) is 5.40. The van der Waals surface area contributed by atoms with Crippen molar-refractivity contribution in [3.63, 3.8) is 0 Å². The zero-order valence-electron chi connectivity index (χ0n) is 13.9. The average Bonchev–Trinajstić information content (AvgIpc) is 3.04. The van der Waals surface area contributed by atoms with Gasteiger partial charge in [0, 0.05) is 0 Å². The number of nitrogens with one attached hydrogen (secondary N) is 3. The van der Waals surface area contributed by atoms with Crippen molar-refractivity contribution in [1.82, 2.24) is 15.0 Å². The van der Waals surface area contributed by atoms with E-state index in [0.717, 1.165) is 24.2 Å². The van der Waals surface area contributed by atoms with Crippen LogP contribution in [-0.2, 0) is 6.54 Å². The first kappa shape index (κ1) is 16.0. The number of anilines is 1. The van der Waals surface area contributed by atoms with Gasteiger partial charge in [0.05, 0.1) is 20.3 Å². The number of imidazole rings is 1. The molecular weight excluding hydrogens is 306 g/mol. The molecule has 1 aromatic carbocycles. The van der Waals surface area contributed by atoms with Gasteiger partial charge in [-0.25, -0.2) is 4.98 Å². The number of methoxy groups -OCH3 is 1. The third-order valence-electron chi connectivity index (χ3n) is 3.59. The number of nitrogens with zero attached hydrogens (tertiary/aromatic N) is 2. The van der Waals surface area contributed by atoms with Gasteiger partial charge in [-0.3, -0.25) is 10.3 Å². The second kappa shape index (κ2) is 7.63. The molecule has 0 spiro atoms. The third kappa shape index (κ3) is 3.73. The molecule has 2 aromatic heterocycles. The number of aromatic nitrogens is 4. The number of rotatable bonds is 8. The lowest BCUT2D eigenvalue weighted by Gasteiger charge is -2.04. The first-order chi connectivity index (χ1) is 11.8. The van der Waals surface area contributed by atoms with Crippen molar-refractivity contribution in [3.05, 3.63) is 35.9 Å². The van der Waals surface area contributed by atoms with E-state index < -0.39 is 0 Å². The van der Waals surface area contributed by atoms with Gasteiger partial charge in [-0.05, 0) is 17.0 Å². The van der Waals surface area contributed by atoms with Gasteiger partial charge in [0.15, 0.2) is 5.52 Å². The largest absolute Gasteiger partial charge is 0.468 e. The lowest BCUT2D eigenvalue weighted by atomic mass is 10.2. The first-order valence-electron chi connectivity index (χ1n) is 8.07. The van der Waals surface area contributed by atoms with Crippen LogP contribution in [0.3, 0.4) is 0 Å². The summed E-state index contributed by atoms with van der Waals surface area (Å²) in [7, 11) is 1.57. The van der Waals surface area contributed by atoms with E-state index in [4.69, 9.17) is 9.47 Å². The van der Waals surface area contributed by atoms with E-state index in [1.165, 1.54) is 5.56 Å². The summed E-state index contributed by atoms with van der Waals surface area (Å²) < 4.78 is 10.9. The van der Waals surface area contributed by atoms with Crippen LogP contribution in [0.15, 0.2) is 30.3 Å². The normalized spacial score (nSPS) is 10.8. The highest BCUT2D eigenvalue weighted by Crippen LogP contribution is 2.21. The van der Waals surface area contributed by atoms with Gasteiger partial charge >= 0.3 is 6.01 Å². The number of fused-ring (bicyclic) bond motifs is 1. The standard InChI is InChI=1S/C17H21N5O2/c1-3-4-10-24-17-20-14(18-11-12-8-6-5-7-9-12)13-15(22-17)21-16(19-13)23-2/h5-9H,3-4,10-11H2,1-2H3,(H2,18,19,20,21,22)/p+1. The van der Waals surface area contributed by atoms with Gasteiger partial charge in [0.1, 0.15) is 0 Å². The fourth-order valence-corrected chi connectivity index (χ4v) is 2.29. The molecule has 2 heterocycles. The highest BCUT2D eigenvalue weighted by atomic mass is 16.5. The van der Waals surface area contributed by atoms with Crippen molar-refractivity contribution in [1.29, 1.82) is 0 Å². The minimum atomic E-state index is 0.416. The number of unbranched alkanes of at least 4 members (excludes halogenated alkanes) is 1. The van der Waals surface area contributed by atoms with Crippen molar-refractivity contribution in [2.45, 2.75) is 26.3 Å². The Bertz CT molecular complexity index is 788. The van der Waals surface area contributed by atoms with Gasteiger partial charge in [-0.2, -0.15) is 4.98 Å². The van der Waals surface area contributed by atoms with E-state index in [-0.39, 0.29) is 0 Å². The molecule has 0 aliphatic rings. The second-order valence-electron chi connectivity index (χ2n) is 5.40. The van der Waals surface area contributed by atoms with E-state index in [1.54, 1.807) is 7.11 Å². The summed E-state index contributed by atoms with van der Waals surface area (Å²) in [4.78, 5) is 15.0. The summed E-state index contributed by atoms with van der Waals surface area (Å²) in [6.45, 7) is 3.41. The lowest BCUT2D eigenvalue weighted by molar-refractivity contribution is -0.382. The molecule has 126 valence electrons. The minimum absolute atomic E-state index is 0.416. The third-order valence-corrected chi connectivity index (χ3v) is 3.59. The molecule has 24 heavy (non-hydrogen) atoms. The van der Waals surface area contributed by atoms with Crippen molar-refractivity contribution in [2.24, 2.45) is 0 Å². The van der Waals surface area contributed by atoms with E-state index >= 15 is 0 Å². The topological polar surface area (TPSA) is 86.2 Å². The number of ether oxygens (including phenoxy) is 2. The zero-order chi connectivity index (χ0) is 16.8. The Balaban J connectivity index is 1.86. The van der Waals surface area contributed by atoms with E-state index in [1.807, 2.05) is 18.2 Å². The molecule has 0 fully saturated rings. The minimum Gasteiger partial charge on any atom is -0.468 e. The van der Waals surface area contributed by atoms with Crippen LogP contribution in [-0.4, -0.2) is 28.7 Å². The summed E-state index contributed by atoms with van der Waals surface area (Å²) in [5.74, 6) is 0.770. The molecular formula is C17H22N5O2+. The number of hydrogen-bond donors (Lipinski definition) is 2. The van der Waals surface area contributed by atoms with Gasteiger partial charge in [0.25, 0.3) is 17.5 Å². The van der Waals surface area contributed by atoms with Crippen molar-refractivity contribution < 1.29 is 14.5 Å². The molecule has 0 unspecified atom stereocenters. The maximum absolute atomic E-state index is 5.69. The van der Waals surface area contributed by atoms with Gasteiger partial charge in [-0.15, -0.1) is 0 Å². The van der Waals surface area contributed by atoms with Gasteiger partial charge < -0.3 is 9.47 Å². The summed E-state index contributed by atoms with van der Waals surface area (Å²) in [6, 6.07) is 11.0. The molecule has 7 heteroatoms. The van der Waals surface area contributed by atoms with Crippen LogP contribution < -0.4 is 19.8 Å². The Hall–Kier alpha value is -2.83. The molecule has 0 atom stereocenters. The maximum atomic E-state index is 5.69. The zero-order valence-corrected chi connectivity index (χ0v) is 13.9. The number of H-pyrrole nitrogens is 2. The smallest absolute Gasteiger partial charge is 0.433 e. The van der Waals surface area contributed by atoms with Crippen LogP contribution in [0.1, 0.15) is 25.3 Å².